The van der Waals surface area contributed by atoms with Gasteiger partial charge >= 0.3 is 0 Å². The Morgan fingerprint density at radius 2 is 1.12 bits per heavy atom. The van der Waals surface area contributed by atoms with Gasteiger partial charge < -0.3 is 5.32 Å². The summed E-state index contributed by atoms with van der Waals surface area (Å²) in [6, 6.07) is 8.48. The summed E-state index contributed by atoms with van der Waals surface area (Å²) in [4.78, 5) is 9.13. The second kappa shape index (κ2) is 11.6. The van der Waals surface area contributed by atoms with Gasteiger partial charge in [-0.25, -0.2) is 0 Å². The van der Waals surface area contributed by atoms with Gasteiger partial charge in [0.25, 0.3) is 0 Å². The molecule has 3 heteroatoms. The summed E-state index contributed by atoms with van der Waals surface area (Å²) in [5.41, 5.74) is 4.41. The van der Waals surface area contributed by atoms with E-state index in [0.29, 0.717) is 0 Å². The first kappa shape index (κ1) is 19.4. The molecule has 3 nitrogen and oxygen atoms in total. The van der Waals surface area contributed by atoms with Crippen molar-refractivity contribution >= 4 is 11.4 Å². The van der Waals surface area contributed by atoms with E-state index in [1.165, 1.54) is 62.8 Å². The van der Waals surface area contributed by atoms with Crippen molar-refractivity contribution in [1.82, 2.24) is 9.97 Å². The summed E-state index contributed by atoms with van der Waals surface area (Å²) in [6.07, 6.45) is 16.3. The van der Waals surface area contributed by atoms with E-state index in [1.54, 1.807) is 0 Å². The molecule has 0 bridgehead atoms. The maximum Gasteiger partial charge on any atom is 0.0571 e. The molecule has 2 rings (SSSR count). The molecule has 0 aliphatic rings. The van der Waals surface area contributed by atoms with Crippen LogP contribution in [0.15, 0.2) is 36.7 Å². The molecule has 0 radical (unpaired) electrons. The highest BCUT2D eigenvalue weighted by molar-refractivity contribution is 5.57. The van der Waals surface area contributed by atoms with Gasteiger partial charge in [-0.1, -0.05) is 52.4 Å². The van der Waals surface area contributed by atoms with E-state index >= 15 is 0 Å². The number of nitrogens with zero attached hydrogens (tertiary/aromatic N) is 2. The number of unbranched alkanes of at least 4 members (excludes halogenated alkanes) is 6. The molecule has 0 aliphatic heterocycles. The quantitative estimate of drug-likeness (QED) is 0.450. The third-order valence-corrected chi connectivity index (χ3v) is 4.51. The second-order valence-electron chi connectivity index (χ2n) is 6.82. The third-order valence-electron chi connectivity index (χ3n) is 4.51. The maximum absolute atomic E-state index is 4.57. The van der Waals surface area contributed by atoms with Gasteiger partial charge in [0.1, 0.15) is 0 Å². The molecule has 0 fully saturated rings. The Morgan fingerprint density at radius 3 is 1.48 bits per heavy atom. The molecule has 0 aliphatic carbocycles. The lowest BCUT2D eigenvalue weighted by Gasteiger charge is -2.08. The zero-order valence-corrected chi connectivity index (χ0v) is 15.9. The molecule has 0 atom stereocenters. The minimum atomic E-state index is 1.02. The SMILES string of the molecule is CCCCCCc1ccc(Nc2ccc(CCCCCC)nc2)cn1. The standard InChI is InChI=1S/C22H33N3/c1-3-5-7-9-11-19-13-15-21(17-23-19)25-22-16-14-20(24-18-22)12-10-8-6-4-2/h13-18,25H,3-12H2,1-2H3. The Balaban J connectivity index is 1.77. The van der Waals surface area contributed by atoms with Crippen LogP contribution < -0.4 is 5.32 Å². The average Bonchev–Trinajstić information content (AvgIpc) is 2.65. The Bertz CT molecular complexity index is 522. The largest absolute Gasteiger partial charge is 0.353 e. The number of anilines is 2. The summed E-state index contributed by atoms with van der Waals surface area (Å²) in [5, 5.41) is 3.39. The number of hydrogen-bond donors (Lipinski definition) is 1. The van der Waals surface area contributed by atoms with E-state index in [-0.39, 0.29) is 0 Å². The van der Waals surface area contributed by atoms with Crippen LogP contribution in [0.2, 0.25) is 0 Å². The fourth-order valence-electron chi connectivity index (χ4n) is 2.93. The summed E-state index contributed by atoms with van der Waals surface area (Å²) < 4.78 is 0. The van der Waals surface area contributed by atoms with Crippen molar-refractivity contribution < 1.29 is 0 Å². The topological polar surface area (TPSA) is 37.8 Å². The van der Waals surface area contributed by atoms with Crippen LogP contribution in [-0.2, 0) is 12.8 Å². The van der Waals surface area contributed by atoms with Gasteiger partial charge in [0.2, 0.25) is 0 Å². The molecule has 2 heterocycles. The zero-order valence-electron chi connectivity index (χ0n) is 15.9. The van der Waals surface area contributed by atoms with Crippen LogP contribution in [0.4, 0.5) is 11.4 Å². The molecule has 136 valence electrons. The van der Waals surface area contributed by atoms with E-state index in [2.05, 4.69) is 53.4 Å². The molecular weight excluding hydrogens is 306 g/mol. The second-order valence-corrected chi connectivity index (χ2v) is 6.82. The van der Waals surface area contributed by atoms with Gasteiger partial charge in [0.05, 0.1) is 23.8 Å². The van der Waals surface area contributed by atoms with Crippen LogP contribution in [0.25, 0.3) is 0 Å². The number of pyridine rings is 2. The lowest BCUT2D eigenvalue weighted by atomic mass is 10.1. The van der Waals surface area contributed by atoms with Crippen LogP contribution in [0.3, 0.4) is 0 Å². The van der Waals surface area contributed by atoms with Gasteiger partial charge in [0.15, 0.2) is 0 Å². The van der Waals surface area contributed by atoms with Gasteiger partial charge in [-0.2, -0.15) is 0 Å². The van der Waals surface area contributed by atoms with Gasteiger partial charge in [-0.05, 0) is 49.9 Å². The zero-order chi connectivity index (χ0) is 17.7. The Kier molecular flexibility index (Phi) is 9.03. The van der Waals surface area contributed by atoms with Crippen LogP contribution in [0, 0.1) is 0 Å². The van der Waals surface area contributed by atoms with Crippen LogP contribution in [0.1, 0.15) is 76.6 Å². The smallest absolute Gasteiger partial charge is 0.0571 e. The van der Waals surface area contributed by atoms with E-state index in [1.807, 2.05) is 12.4 Å². The molecule has 0 spiro atoms. The van der Waals surface area contributed by atoms with Crippen LogP contribution >= 0.6 is 0 Å². The highest BCUT2D eigenvalue weighted by Gasteiger charge is 2.00. The average molecular weight is 340 g/mol. The van der Waals surface area contributed by atoms with Crippen molar-refractivity contribution in [3.63, 3.8) is 0 Å². The monoisotopic (exact) mass is 339 g/mol. The van der Waals surface area contributed by atoms with Crippen LogP contribution in [-0.4, -0.2) is 9.97 Å². The highest BCUT2D eigenvalue weighted by Crippen LogP contribution is 2.17. The summed E-state index contributed by atoms with van der Waals surface area (Å²) in [5.74, 6) is 0. The van der Waals surface area contributed by atoms with Gasteiger partial charge in [-0.15, -0.1) is 0 Å². The molecule has 1 N–H and O–H groups in total. The first-order valence-electron chi connectivity index (χ1n) is 9.98. The first-order chi connectivity index (χ1) is 12.3. The van der Waals surface area contributed by atoms with Crippen molar-refractivity contribution in [1.29, 1.82) is 0 Å². The van der Waals surface area contributed by atoms with Gasteiger partial charge in [0, 0.05) is 11.4 Å². The Hall–Kier alpha value is -1.90. The van der Waals surface area contributed by atoms with Crippen molar-refractivity contribution in [3.05, 3.63) is 48.0 Å². The highest BCUT2D eigenvalue weighted by atomic mass is 14.9. The Morgan fingerprint density at radius 1 is 0.640 bits per heavy atom. The molecule has 0 amide bonds. The number of aryl methyl sites for hydroxylation is 2. The predicted octanol–water partition coefficient (Wildman–Crippen LogP) is 6.47. The lowest BCUT2D eigenvalue weighted by Crippen LogP contribution is -1.96. The molecular formula is C22H33N3. The number of rotatable bonds is 12. The fraction of sp³-hybridized carbons (Fsp3) is 0.545. The van der Waals surface area contributed by atoms with E-state index < -0.39 is 0 Å². The molecule has 2 aromatic rings. The predicted molar refractivity (Wildman–Crippen MR) is 107 cm³/mol. The van der Waals surface area contributed by atoms with E-state index in [4.69, 9.17) is 0 Å². The molecule has 25 heavy (non-hydrogen) atoms. The molecule has 0 saturated heterocycles. The minimum absolute atomic E-state index is 1.02. The summed E-state index contributed by atoms with van der Waals surface area (Å²) in [6.45, 7) is 4.49. The van der Waals surface area contributed by atoms with Crippen molar-refractivity contribution in [2.24, 2.45) is 0 Å². The van der Waals surface area contributed by atoms with Crippen molar-refractivity contribution in [3.8, 4) is 0 Å². The normalized spacial score (nSPS) is 10.8. The minimum Gasteiger partial charge on any atom is -0.353 e. The Labute approximate surface area is 153 Å². The third kappa shape index (κ3) is 7.68. The molecule has 0 unspecified atom stereocenters. The molecule has 0 saturated carbocycles. The van der Waals surface area contributed by atoms with Crippen LogP contribution in [0.5, 0.6) is 0 Å². The summed E-state index contributed by atoms with van der Waals surface area (Å²) >= 11 is 0. The lowest BCUT2D eigenvalue weighted by molar-refractivity contribution is 0.660. The van der Waals surface area contributed by atoms with Crippen molar-refractivity contribution in [2.75, 3.05) is 5.32 Å². The number of nitrogens with one attached hydrogen (secondary N) is 1. The fourth-order valence-corrected chi connectivity index (χ4v) is 2.93. The number of hydrogen-bond acceptors (Lipinski definition) is 3. The van der Waals surface area contributed by atoms with Crippen molar-refractivity contribution in [2.45, 2.75) is 78.1 Å². The molecule has 2 aromatic heterocycles. The van der Waals surface area contributed by atoms with Gasteiger partial charge in [-0.3, -0.25) is 9.97 Å². The first-order valence-corrected chi connectivity index (χ1v) is 9.98. The van der Waals surface area contributed by atoms with E-state index in [0.717, 1.165) is 24.2 Å². The number of aromatic nitrogens is 2. The van der Waals surface area contributed by atoms with E-state index in [9.17, 15) is 0 Å². The maximum atomic E-state index is 4.57. The molecule has 0 aromatic carbocycles. The summed E-state index contributed by atoms with van der Waals surface area (Å²) in [7, 11) is 0.